The molecule has 0 saturated carbocycles. The van der Waals surface area contributed by atoms with Crippen LogP contribution in [0.2, 0.25) is 0 Å². The van der Waals surface area contributed by atoms with Gasteiger partial charge in [-0.2, -0.15) is 0 Å². The summed E-state index contributed by atoms with van der Waals surface area (Å²) >= 11 is -0.106. The third-order valence-electron chi connectivity index (χ3n) is 0. The summed E-state index contributed by atoms with van der Waals surface area (Å²) in [7, 11) is 9.63. The third-order valence-corrected chi connectivity index (χ3v) is 0. The van der Waals surface area contributed by atoms with Crippen molar-refractivity contribution in [2.75, 3.05) is 0 Å². The summed E-state index contributed by atoms with van der Waals surface area (Å²) in [4.78, 5) is 0. The van der Waals surface area contributed by atoms with Crippen molar-refractivity contribution in [3.63, 3.8) is 0 Å². The minimum atomic E-state index is -0.106. The number of hydrogen-bond donors (Lipinski definition) is 0. The van der Waals surface area contributed by atoms with Gasteiger partial charge >= 0.3 is 35.0 Å². The summed E-state index contributed by atoms with van der Waals surface area (Å²) in [5.41, 5.74) is 0. The number of rotatable bonds is 0. The van der Waals surface area contributed by atoms with E-state index in [4.69, 9.17) is 19.1 Å². The van der Waals surface area contributed by atoms with Gasteiger partial charge in [0.2, 0.25) is 0 Å². The van der Waals surface area contributed by atoms with Crippen LogP contribution in [-0.4, -0.2) is 59.1 Å². The van der Waals surface area contributed by atoms with Gasteiger partial charge in [-0.1, -0.05) is 0 Å². The summed E-state index contributed by atoms with van der Waals surface area (Å²) in [5, 5.41) is 0. The van der Waals surface area contributed by atoms with Gasteiger partial charge in [0.15, 0.2) is 0 Å². The van der Waals surface area contributed by atoms with E-state index < -0.39 is 0 Å². The molecule has 0 unspecified atom stereocenters. The van der Waals surface area contributed by atoms with Crippen LogP contribution in [0.25, 0.3) is 0 Å². The van der Waals surface area contributed by atoms with Crippen LogP contribution in [0.4, 0.5) is 0 Å². The van der Waals surface area contributed by atoms with Gasteiger partial charge < -0.3 is 0 Å². The van der Waals surface area contributed by atoms with Crippen molar-refractivity contribution < 1.29 is 15.9 Å². The molecule has 0 aromatic rings. The maximum atomic E-state index is 4.81. The molecule has 0 aromatic carbocycles. The first-order chi connectivity index (χ1) is 1.41. The standard InChI is InChI=1S/2ClH.2Na.Pd/h2*1H;;;/q;;;;+2/p-2. The molecule has 0 aliphatic heterocycles. The van der Waals surface area contributed by atoms with Crippen LogP contribution in [0.3, 0.4) is 0 Å². The van der Waals surface area contributed by atoms with Crippen LogP contribution in [0, 0.1) is 0 Å². The Balaban J connectivity index is -0.0000000200. The van der Waals surface area contributed by atoms with E-state index in [0.717, 1.165) is 0 Å². The van der Waals surface area contributed by atoms with Crippen molar-refractivity contribution in [1.29, 1.82) is 0 Å². The summed E-state index contributed by atoms with van der Waals surface area (Å²) in [6.45, 7) is 0. The minimum absolute atomic E-state index is 0. The smallest absolute Gasteiger partial charge is 0 e. The Morgan fingerprint density at radius 1 is 1.00 bits per heavy atom. The van der Waals surface area contributed by atoms with Gasteiger partial charge in [0.05, 0.1) is 0 Å². The van der Waals surface area contributed by atoms with Crippen LogP contribution >= 0.6 is 19.1 Å². The molecular weight excluding hydrogens is 223 g/mol. The van der Waals surface area contributed by atoms with E-state index in [-0.39, 0.29) is 75.1 Å². The maximum absolute atomic E-state index is 4.81. The molecule has 0 saturated heterocycles. The Morgan fingerprint density at radius 3 is 1.00 bits per heavy atom. The quantitative estimate of drug-likeness (QED) is 0.528. The Bertz CT molecular complexity index is 7.61. The zero-order valence-electron chi connectivity index (χ0n) is 3.07. The average Bonchev–Trinajstić information content (AvgIpc) is 0.918. The summed E-state index contributed by atoms with van der Waals surface area (Å²) in [6.07, 6.45) is 0. The topological polar surface area (TPSA) is 0 Å². The predicted octanol–water partition coefficient (Wildman–Crippen LogP) is 0.615. The van der Waals surface area contributed by atoms with Crippen LogP contribution in [0.5, 0.6) is 0 Å². The van der Waals surface area contributed by atoms with Crippen molar-refractivity contribution in [3.05, 3.63) is 0 Å². The largest absolute Gasteiger partial charge is 0 e. The fourth-order valence-electron chi connectivity index (χ4n) is 0. The molecular formula is Cl2Na2Pd. The molecule has 0 spiro atoms. The summed E-state index contributed by atoms with van der Waals surface area (Å²) in [6, 6.07) is 0. The fraction of sp³-hybridized carbons (Fsp3) is 0. The van der Waals surface area contributed by atoms with E-state index in [9.17, 15) is 0 Å². The molecule has 0 heterocycles. The van der Waals surface area contributed by atoms with Crippen LogP contribution < -0.4 is 0 Å². The first-order valence-electron chi connectivity index (χ1n) is 0.239. The predicted molar refractivity (Wildman–Crippen MR) is 23.2 cm³/mol. The zero-order valence-corrected chi connectivity index (χ0v) is 10.1. The van der Waals surface area contributed by atoms with Gasteiger partial charge in [0, 0.05) is 59.1 Å². The Labute approximate surface area is 92.0 Å². The second kappa shape index (κ2) is 15.7. The first kappa shape index (κ1) is 15.7. The molecule has 26 valence electrons. The molecule has 0 aliphatic carbocycles. The molecule has 5 heteroatoms. The van der Waals surface area contributed by atoms with Crippen molar-refractivity contribution in [1.82, 2.24) is 0 Å². The maximum Gasteiger partial charge on any atom is 0 e. The van der Waals surface area contributed by atoms with Crippen molar-refractivity contribution in [2.45, 2.75) is 0 Å². The molecule has 0 aliphatic rings. The normalized spacial score (nSPS) is 4.40. The van der Waals surface area contributed by atoms with Gasteiger partial charge in [0.25, 0.3) is 0 Å². The van der Waals surface area contributed by atoms with Crippen LogP contribution in [0.15, 0.2) is 0 Å². The van der Waals surface area contributed by atoms with Gasteiger partial charge in [-0.15, -0.1) is 0 Å². The second-order valence-electron chi connectivity index (χ2n) is 0.0452. The molecule has 5 heavy (non-hydrogen) atoms. The monoisotopic (exact) mass is 222 g/mol. The molecule has 0 bridgehead atoms. The average molecular weight is 223 g/mol. The molecule has 0 amide bonds. The molecule has 0 aromatic heterocycles. The molecule has 0 N–H and O–H groups in total. The Hall–Kier alpha value is 3.24. The van der Waals surface area contributed by atoms with E-state index >= 15 is 0 Å². The SMILES string of the molecule is [Cl][Pd][Cl].[Na].[Na]. The molecule has 0 atom stereocenters. The van der Waals surface area contributed by atoms with E-state index in [2.05, 4.69) is 0 Å². The number of hydrogen-bond acceptors (Lipinski definition) is 0. The van der Waals surface area contributed by atoms with Gasteiger partial charge in [-0.3, -0.25) is 0 Å². The van der Waals surface area contributed by atoms with E-state index in [1.807, 2.05) is 0 Å². The Morgan fingerprint density at radius 2 is 1.00 bits per heavy atom. The van der Waals surface area contributed by atoms with Crippen molar-refractivity contribution >= 4 is 78.2 Å². The molecule has 0 rings (SSSR count). The fourth-order valence-corrected chi connectivity index (χ4v) is 0. The van der Waals surface area contributed by atoms with E-state index in [1.165, 1.54) is 0 Å². The Kier molecular flexibility index (Phi) is 49.3. The van der Waals surface area contributed by atoms with Gasteiger partial charge in [-0.25, -0.2) is 0 Å². The summed E-state index contributed by atoms with van der Waals surface area (Å²) in [5.74, 6) is 0. The first-order valence-corrected chi connectivity index (χ1v) is 4.24. The van der Waals surface area contributed by atoms with Gasteiger partial charge in [0.1, 0.15) is 0 Å². The molecule has 0 nitrogen and oxygen atoms in total. The summed E-state index contributed by atoms with van der Waals surface area (Å²) < 4.78 is 0. The van der Waals surface area contributed by atoms with Crippen molar-refractivity contribution in [3.8, 4) is 0 Å². The van der Waals surface area contributed by atoms with E-state index in [0.29, 0.717) is 0 Å². The van der Waals surface area contributed by atoms with Crippen LogP contribution in [-0.2, 0) is 15.9 Å². The van der Waals surface area contributed by atoms with E-state index in [1.54, 1.807) is 0 Å². The van der Waals surface area contributed by atoms with Crippen LogP contribution in [0.1, 0.15) is 0 Å². The molecule has 2 radical (unpaired) electrons. The van der Waals surface area contributed by atoms with Gasteiger partial charge in [-0.05, 0) is 0 Å². The number of halogens is 2. The third kappa shape index (κ3) is 18.9. The molecule has 0 fully saturated rings. The minimum Gasteiger partial charge on any atom is 0 e. The second-order valence-corrected chi connectivity index (χ2v) is 2.41. The zero-order chi connectivity index (χ0) is 2.71. The van der Waals surface area contributed by atoms with Crippen molar-refractivity contribution in [2.24, 2.45) is 0 Å².